The van der Waals surface area contributed by atoms with Gasteiger partial charge in [-0.1, -0.05) is 34.6 Å². The maximum absolute atomic E-state index is 12.1. The summed E-state index contributed by atoms with van der Waals surface area (Å²) in [5.41, 5.74) is 5.59. The van der Waals surface area contributed by atoms with Crippen LogP contribution in [0.25, 0.3) is 0 Å². The molecule has 0 saturated carbocycles. The number of nitrogens with two attached hydrogens (primary N) is 1. The smallest absolute Gasteiger partial charge is 0.220 e. The minimum Gasteiger partial charge on any atom is -0.396 e. The van der Waals surface area contributed by atoms with E-state index in [1.165, 1.54) is 0 Å². The van der Waals surface area contributed by atoms with Crippen LogP contribution < -0.4 is 11.1 Å². The van der Waals surface area contributed by atoms with E-state index >= 15 is 0 Å². The highest BCUT2D eigenvalue weighted by Crippen LogP contribution is 2.23. The molecule has 0 saturated heterocycles. The molecule has 4 heteroatoms. The van der Waals surface area contributed by atoms with Gasteiger partial charge in [0.05, 0.1) is 0 Å². The predicted molar refractivity (Wildman–Crippen MR) is 84.3 cm³/mol. The van der Waals surface area contributed by atoms with Gasteiger partial charge in [-0.05, 0) is 43.1 Å². The number of nitrogens with one attached hydrogen (secondary N) is 1. The molecule has 0 bridgehead atoms. The second-order valence-electron chi connectivity index (χ2n) is 7.12. The Morgan fingerprint density at radius 1 is 1.20 bits per heavy atom. The van der Waals surface area contributed by atoms with Crippen LogP contribution in [0.1, 0.15) is 60.3 Å². The molecule has 120 valence electrons. The second kappa shape index (κ2) is 9.35. The Morgan fingerprint density at radius 3 is 2.20 bits per heavy atom. The van der Waals surface area contributed by atoms with Gasteiger partial charge in [0, 0.05) is 19.1 Å². The number of hydrogen-bond donors (Lipinski definition) is 3. The minimum atomic E-state index is -0.0346. The molecule has 4 N–H and O–H groups in total. The van der Waals surface area contributed by atoms with Crippen molar-refractivity contribution in [1.82, 2.24) is 5.32 Å². The van der Waals surface area contributed by atoms with Gasteiger partial charge in [0.1, 0.15) is 0 Å². The highest BCUT2D eigenvalue weighted by atomic mass is 16.3. The van der Waals surface area contributed by atoms with E-state index < -0.39 is 0 Å². The number of aliphatic hydroxyl groups excluding tert-OH is 1. The topological polar surface area (TPSA) is 75.4 Å². The monoisotopic (exact) mass is 286 g/mol. The molecular formula is C16H34N2O2. The van der Waals surface area contributed by atoms with E-state index in [1.54, 1.807) is 0 Å². The van der Waals surface area contributed by atoms with Crippen LogP contribution in [-0.2, 0) is 4.79 Å². The van der Waals surface area contributed by atoms with Gasteiger partial charge >= 0.3 is 0 Å². The lowest BCUT2D eigenvalue weighted by atomic mass is 9.84. The van der Waals surface area contributed by atoms with Crippen molar-refractivity contribution in [3.63, 3.8) is 0 Å². The summed E-state index contributed by atoms with van der Waals surface area (Å²) in [5.74, 6) is 1.15. The molecule has 2 atom stereocenters. The lowest BCUT2D eigenvalue weighted by Gasteiger charge is -2.31. The van der Waals surface area contributed by atoms with E-state index in [-0.39, 0.29) is 24.0 Å². The van der Waals surface area contributed by atoms with Crippen LogP contribution in [0, 0.1) is 17.3 Å². The van der Waals surface area contributed by atoms with Gasteiger partial charge in [0.15, 0.2) is 0 Å². The standard InChI is InChI=1S/C16H34N2O2/c1-12(2)13(8-10-17)6-7-15(20)18-14(9-11-19)16(3,4)5/h12-14,19H,6-11,17H2,1-5H3,(H,18,20). The van der Waals surface area contributed by atoms with Crippen molar-refractivity contribution in [3.05, 3.63) is 0 Å². The number of carbonyl (C=O) groups is 1. The van der Waals surface area contributed by atoms with Crippen molar-refractivity contribution in [3.8, 4) is 0 Å². The lowest BCUT2D eigenvalue weighted by Crippen LogP contribution is -2.44. The normalized spacial score (nSPS) is 15.2. The Hall–Kier alpha value is -0.610. The predicted octanol–water partition coefficient (Wildman–Crippen LogP) is 2.30. The van der Waals surface area contributed by atoms with Crippen LogP contribution >= 0.6 is 0 Å². The van der Waals surface area contributed by atoms with Gasteiger partial charge in [0.2, 0.25) is 5.91 Å². The first-order valence-corrected chi connectivity index (χ1v) is 7.82. The van der Waals surface area contributed by atoms with E-state index in [2.05, 4.69) is 39.9 Å². The van der Waals surface area contributed by atoms with E-state index in [9.17, 15) is 4.79 Å². The zero-order chi connectivity index (χ0) is 15.8. The van der Waals surface area contributed by atoms with E-state index in [0.29, 0.717) is 31.2 Å². The molecule has 0 aromatic carbocycles. The summed E-state index contributed by atoms with van der Waals surface area (Å²) < 4.78 is 0. The van der Waals surface area contributed by atoms with Crippen molar-refractivity contribution in [2.24, 2.45) is 23.0 Å². The molecule has 0 spiro atoms. The van der Waals surface area contributed by atoms with E-state index in [4.69, 9.17) is 10.8 Å². The van der Waals surface area contributed by atoms with Gasteiger partial charge in [-0.25, -0.2) is 0 Å². The van der Waals surface area contributed by atoms with Crippen LogP contribution in [0.3, 0.4) is 0 Å². The Kier molecular flexibility index (Phi) is 9.06. The summed E-state index contributed by atoms with van der Waals surface area (Å²) in [4.78, 5) is 12.1. The molecule has 0 aromatic heterocycles. The van der Waals surface area contributed by atoms with Crippen LogP contribution in [0.15, 0.2) is 0 Å². The molecule has 0 aliphatic carbocycles. The van der Waals surface area contributed by atoms with Crippen molar-refractivity contribution in [2.45, 2.75) is 66.3 Å². The van der Waals surface area contributed by atoms with Crippen LogP contribution in [0.4, 0.5) is 0 Å². The van der Waals surface area contributed by atoms with Crippen LogP contribution in [0.5, 0.6) is 0 Å². The summed E-state index contributed by atoms with van der Waals surface area (Å²) in [7, 11) is 0. The van der Waals surface area contributed by atoms with Gasteiger partial charge in [-0.2, -0.15) is 0 Å². The first-order chi connectivity index (χ1) is 9.22. The van der Waals surface area contributed by atoms with Gasteiger partial charge in [0.25, 0.3) is 0 Å². The average molecular weight is 286 g/mol. The molecule has 0 aromatic rings. The molecular weight excluding hydrogens is 252 g/mol. The van der Waals surface area contributed by atoms with Crippen molar-refractivity contribution < 1.29 is 9.90 Å². The molecule has 2 unspecified atom stereocenters. The fourth-order valence-electron chi connectivity index (χ4n) is 2.46. The van der Waals surface area contributed by atoms with Crippen LogP contribution in [-0.4, -0.2) is 30.2 Å². The molecule has 0 rings (SSSR count). The largest absolute Gasteiger partial charge is 0.396 e. The van der Waals surface area contributed by atoms with Gasteiger partial charge < -0.3 is 16.2 Å². The first kappa shape index (κ1) is 19.4. The fraction of sp³-hybridized carbons (Fsp3) is 0.938. The Balaban J connectivity index is 4.32. The van der Waals surface area contributed by atoms with E-state index in [1.807, 2.05) is 0 Å². The molecule has 20 heavy (non-hydrogen) atoms. The highest BCUT2D eigenvalue weighted by molar-refractivity contribution is 5.76. The molecule has 0 fully saturated rings. The summed E-state index contributed by atoms with van der Waals surface area (Å²) in [6.07, 6.45) is 3.01. The summed E-state index contributed by atoms with van der Waals surface area (Å²) >= 11 is 0. The van der Waals surface area contributed by atoms with Crippen molar-refractivity contribution >= 4 is 5.91 Å². The average Bonchev–Trinajstić information content (AvgIpc) is 2.32. The van der Waals surface area contributed by atoms with Crippen molar-refractivity contribution in [2.75, 3.05) is 13.2 Å². The molecule has 0 radical (unpaired) electrons. The van der Waals surface area contributed by atoms with Crippen LogP contribution in [0.2, 0.25) is 0 Å². The first-order valence-electron chi connectivity index (χ1n) is 7.82. The summed E-state index contributed by atoms with van der Waals surface area (Å²) in [5, 5.41) is 12.2. The Morgan fingerprint density at radius 2 is 1.80 bits per heavy atom. The SMILES string of the molecule is CC(C)C(CCN)CCC(=O)NC(CCO)C(C)(C)C. The molecule has 4 nitrogen and oxygen atoms in total. The number of carbonyl (C=O) groups excluding carboxylic acids is 1. The number of hydrogen-bond acceptors (Lipinski definition) is 3. The third-order valence-electron chi connectivity index (χ3n) is 4.02. The zero-order valence-corrected chi connectivity index (χ0v) is 13.9. The van der Waals surface area contributed by atoms with E-state index in [0.717, 1.165) is 12.8 Å². The Labute approximate surface area is 124 Å². The number of amides is 1. The lowest BCUT2D eigenvalue weighted by molar-refractivity contribution is -0.123. The molecule has 0 aliphatic heterocycles. The summed E-state index contributed by atoms with van der Waals surface area (Å²) in [6.45, 7) is 11.4. The highest BCUT2D eigenvalue weighted by Gasteiger charge is 2.25. The summed E-state index contributed by atoms with van der Waals surface area (Å²) in [6, 6.07) is 0.0204. The fourth-order valence-corrected chi connectivity index (χ4v) is 2.46. The maximum Gasteiger partial charge on any atom is 0.220 e. The molecule has 1 amide bonds. The second-order valence-corrected chi connectivity index (χ2v) is 7.12. The Bertz CT molecular complexity index is 272. The van der Waals surface area contributed by atoms with Crippen molar-refractivity contribution in [1.29, 1.82) is 0 Å². The van der Waals surface area contributed by atoms with Gasteiger partial charge in [-0.15, -0.1) is 0 Å². The third-order valence-corrected chi connectivity index (χ3v) is 4.02. The minimum absolute atomic E-state index is 0.0204. The third kappa shape index (κ3) is 7.85. The number of aliphatic hydroxyl groups is 1. The number of rotatable bonds is 9. The maximum atomic E-state index is 12.1. The molecule has 0 heterocycles. The van der Waals surface area contributed by atoms with Gasteiger partial charge in [-0.3, -0.25) is 4.79 Å². The quantitative estimate of drug-likeness (QED) is 0.609. The zero-order valence-electron chi connectivity index (χ0n) is 13.9. The molecule has 0 aliphatic rings.